The average Bonchev–Trinajstić information content (AvgIpc) is 2.92. The quantitative estimate of drug-likeness (QED) is 0.407. The topological polar surface area (TPSA) is 114 Å². The van der Waals surface area contributed by atoms with Crippen LogP contribution < -0.4 is 0 Å². The molecule has 1 fully saturated rings. The molecule has 0 radical (unpaired) electrons. The number of likely N-dealkylation sites (tertiary alicyclic amines) is 1. The number of halogens is 3. The molecule has 1 aromatic heterocycles. The van der Waals surface area contributed by atoms with Gasteiger partial charge in [0.2, 0.25) is 0 Å². The Kier molecular flexibility index (Phi) is 7.85. The van der Waals surface area contributed by atoms with Crippen molar-refractivity contribution in [2.75, 3.05) is 19.3 Å². The van der Waals surface area contributed by atoms with Crippen LogP contribution in [0.5, 0.6) is 0 Å². The summed E-state index contributed by atoms with van der Waals surface area (Å²) >= 11 is 0. The maximum absolute atomic E-state index is 13.4. The molecule has 8 nitrogen and oxygen atoms in total. The van der Waals surface area contributed by atoms with E-state index in [4.69, 9.17) is 0 Å². The van der Waals surface area contributed by atoms with E-state index in [0.717, 1.165) is 24.5 Å². The fraction of sp³-hybridized carbons (Fsp3) is 0.370. The number of carbonyl (C=O) groups is 1. The van der Waals surface area contributed by atoms with Gasteiger partial charge in [-0.1, -0.05) is 12.1 Å². The fourth-order valence-electron chi connectivity index (χ4n) is 4.94. The number of hydrogen-bond donors (Lipinski definition) is 0. The summed E-state index contributed by atoms with van der Waals surface area (Å²) < 4.78 is 90.3. The molecule has 1 aliphatic rings. The lowest BCUT2D eigenvalue weighted by Crippen LogP contribution is -2.47. The second-order valence-electron chi connectivity index (χ2n) is 10.3. The minimum Gasteiger partial charge on any atom is -0.339 e. The number of amides is 1. The molecule has 40 heavy (non-hydrogen) atoms. The zero-order valence-electron chi connectivity index (χ0n) is 22.0. The highest BCUT2D eigenvalue weighted by Crippen LogP contribution is 2.40. The summed E-state index contributed by atoms with van der Waals surface area (Å²) in [6, 6.07) is 8.15. The van der Waals surface area contributed by atoms with Gasteiger partial charge < -0.3 is 4.90 Å². The zero-order valence-corrected chi connectivity index (χ0v) is 23.6. The Bertz CT molecular complexity index is 1630. The summed E-state index contributed by atoms with van der Waals surface area (Å²) in [5.41, 5.74) is 0.0592. The summed E-state index contributed by atoms with van der Waals surface area (Å²) in [6.45, 7) is 3.28. The molecule has 1 amide bonds. The van der Waals surface area contributed by atoms with E-state index in [2.05, 4.69) is 9.97 Å². The molecule has 1 saturated heterocycles. The van der Waals surface area contributed by atoms with Crippen molar-refractivity contribution in [2.24, 2.45) is 5.92 Å². The van der Waals surface area contributed by atoms with Crippen molar-refractivity contribution >= 4 is 25.6 Å². The van der Waals surface area contributed by atoms with Gasteiger partial charge in [-0.2, -0.15) is 13.2 Å². The van der Waals surface area contributed by atoms with Crippen LogP contribution in [0.25, 0.3) is 11.1 Å². The van der Waals surface area contributed by atoms with Gasteiger partial charge in [-0.15, -0.1) is 0 Å². The van der Waals surface area contributed by atoms with E-state index in [1.165, 1.54) is 49.6 Å². The van der Waals surface area contributed by atoms with Gasteiger partial charge in [-0.05, 0) is 68.5 Å². The van der Waals surface area contributed by atoms with Gasteiger partial charge in [0.1, 0.15) is 6.33 Å². The maximum Gasteiger partial charge on any atom is 0.416 e. The van der Waals surface area contributed by atoms with Crippen molar-refractivity contribution in [2.45, 2.75) is 47.4 Å². The molecule has 1 aliphatic heterocycles. The summed E-state index contributed by atoms with van der Waals surface area (Å²) in [5.74, 6) is -0.959. The smallest absolute Gasteiger partial charge is 0.339 e. The first kappa shape index (κ1) is 29.7. The van der Waals surface area contributed by atoms with E-state index < -0.39 is 52.9 Å². The zero-order chi connectivity index (χ0) is 29.5. The minimum atomic E-state index is -4.68. The van der Waals surface area contributed by atoms with Crippen LogP contribution >= 0.6 is 0 Å². The van der Waals surface area contributed by atoms with Gasteiger partial charge in [0.05, 0.1) is 25.7 Å². The first-order chi connectivity index (χ1) is 18.5. The Balaban J connectivity index is 1.55. The third-order valence-corrected chi connectivity index (χ3v) is 11.2. The van der Waals surface area contributed by atoms with Gasteiger partial charge in [0, 0.05) is 37.3 Å². The maximum atomic E-state index is 13.4. The number of hydrogen-bond acceptors (Lipinski definition) is 7. The van der Waals surface area contributed by atoms with E-state index in [9.17, 15) is 34.8 Å². The van der Waals surface area contributed by atoms with E-state index in [1.54, 1.807) is 6.07 Å². The number of nitrogens with zero attached hydrogens (tertiary/aromatic N) is 3. The number of piperidine rings is 1. The molecule has 214 valence electrons. The predicted octanol–water partition coefficient (Wildman–Crippen LogP) is 4.67. The number of benzene rings is 2. The van der Waals surface area contributed by atoms with Crippen LogP contribution in [0.4, 0.5) is 13.2 Å². The van der Waals surface area contributed by atoms with E-state index >= 15 is 0 Å². The molecule has 3 aromatic rings. The molecule has 0 atom stereocenters. The monoisotopic (exact) mass is 595 g/mol. The summed E-state index contributed by atoms with van der Waals surface area (Å²) in [6.07, 6.45) is 1.26. The first-order valence-electron chi connectivity index (χ1n) is 12.3. The molecule has 13 heteroatoms. The molecule has 4 rings (SSSR count). The third kappa shape index (κ3) is 5.75. The molecular formula is C27H28F3N3O5S2. The SMILES string of the molecule is CC(C)(C1CCN(C(=O)c2ccc(-c3cncnc3)cc2S(C)(=O)=O)CC1)S(=O)(=O)c1cccc(C(F)(F)F)c1. The molecule has 2 aromatic carbocycles. The van der Waals surface area contributed by atoms with Gasteiger partial charge in [0.15, 0.2) is 19.7 Å². The van der Waals surface area contributed by atoms with Crippen LogP contribution in [0.15, 0.2) is 71.0 Å². The van der Waals surface area contributed by atoms with Crippen molar-refractivity contribution in [3.05, 3.63) is 72.3 Å². The Morgan fingerprint density at radius 1 is 0.925 bits per heavy atom. The Morgan fingerprint density at radius 3 is 2.12 bits per heavy atom. The molecule has 0 N–H and O–H groups in total. The summed E-state index contributed by atoms with van der Waals surface area (Å²) in [5, 5.41) is 0. The number of alkyl halides is 3. The lowest BCUT2D eigenvalue weighted by molar-refractivity contribution is -0.137. The van der Waals surface area contributed by atoms with Crippen molar-refractivity contribution in [3.63, 3.8) is 0 Å². The minimum absolute atomic E-state index is 0.00241. The molecule has 0 saturated carbocycles. The predicted molar refractivity (Wildman–Crippen MR) is 142 cm³/mol. The Morgan fingerprint density at radius 2 is 1.55 bits per heavy atom. The molecular weight excluding hydrogens is 567 g/mol. The molecule has 0 bridgehead atoms. The fourth-order valence-corrected chi connectivity index (χ4v) is 7.66. The standard InChI is InChI=1S/C27H28F3N3O5S2/c1-26(2,40(37,38)22-6-4-5-21(14-22)27(28,29)30)20-9-11-33(12-10-20)25(34)23-8-7-18(13-24(23)39(3,35)36)19-15-31-17-32-16-19/h4-8,13-17,20H,9-12H2,1-3H3. The van der Waals surface area contributed by atoms with E-state index in [-0.39, 0.29) is 36.4 Å². The molecule has 2 heterocycles. The number of aromatic nitrogens is 2. The second kappa shape index (κ2) is 10.6. The van der Waals surface area contributed by atoms with Gasteiger partial charge >= 0.3 is 6.18 Å². The van der Waals surface area contributed by atoms with Crippen molar-refractivity contribution in [3.8, 4) is 11.1 Å². The molecule has 0 unspecified atom stereocenters. The molecule has 0 spiro atoms. The van der Waals surface area contributed by atoms with Crippen LogP contribution in [0.2, 0.25) is 0 Å². The Hall–Kier alpha value is -3.32. The summed E-state index contributed by atoms with van der Waals surface area (Å²) in [7, 11) is -7.95. The molecule has 0 aliphatic carbocycles. The van der Waals surface area contributed by atoms with Crippen molar-refractivity contribution in [1.82, 2.24) is 14.9 Å². The second-order valence-corrected chi connectivity index (χ2v) is 14.8. The third-order valence-electron chi connectivity index (χ3n) is 7.44. The lowest BCUT2D eigenvalue weighted by atomic mass is 9.85. The van der Waals surface area contributed by atoms with Gasteiger partial charge in [-0.3, -0.25) is 4.79 Å². The number of sulfone groups is 2. The lowest BCUT2D eigenvalue weighted by Gasteiger charge is -2.40. The highest BCUT2D eigenvalue weighted by Gasteiger charge is 2.45. The van der Waals surface area contributed by atoms with Gasteiger partial charge in [0.25, 0.3) is 5.91 Å². The summed E-state index contributed by atoms with van der Waals surface area (Å²) in [4.78, 5) is 22.2. The largest absolute Gasteiger partial charge is 0.416 e. The average molecular weight is 596 g/mol. The van der Waals surface area contributed by atoms with Crippen LogP contribution in [0, 0.1) is 5.92 Å². The van der Waals surface area contributed by atoms with E-state index in [0.29, 0.717) is 17.2 Å². The number of carbonyl (C=O) groups excluding carboxylic acids is 1. The highest BCUT2D eigenvalue weighted by atomic mass is 32.2. The first-order valence-corrected chi connectivity index (χ1v) is 15.7. The van der Waals surface area contributed by atoms with E-state index in [1.807, 2.05) is 0 Å². The van der Waals surface area contributed by atoms with Gasteiger partial charge in [-0.25, -0.2) is 26.8 Å². The van der Waals surface area contributed by atoms with Crippen molar-refractivity contribution < 1.29 is 34.8 Å². The normalized spacial score (nSPS) is 15.7. The van der Waals surface area contributed by atoms with Crippen LogP contribution in [-0.2, 0) is 25.9 Å². The number of rotatable bonds is 6. The van der Waals surface area contributed by atoms with Crippen LogP contribution in [0.3, 0.4) is 0 Å². The Labute approximate surface area is 231 Å². The van der Waals surface area contributed by atoms with Crippen molar-refractivity contribution in [1.29, 1.82) is 0 Å². The van der Waals surface area contributed by atoms with Crippen LogP contribution in [0.1, 0.15) is 42.6 Å². The highest BCUT2D eigenvalue weighted by molar-refractivity contribution is 7.92. The van der Waals surface area contributed by atoms with Crippen LogP contribution in [-0.4, -0.2) is 61.7 Å².